The van der Waals surface area contributed by atoms with Crippen molar-refractivity contribution < 1.29 is 4.79 Å². The molecule has 0 aliphatic carbocycles. The van der Waals surface area contributed by atoms with Crippen LogP contribution in [0.2, 0.25) is 5.02 Å². The molecule has 0 aliphatic rings. The zero-order valence-corrected chi connectivity index (χ0v) is 12.5. The molecule has 104 valence electrons. The van der Waals surface area contributed by atoms with Gasteiger partial charge in [0.15, 0.2) is 0 Å². The van der Waals surface area contributed by atoms with Crippen molar-refractivity contribution in [3.63, 3.8) is 0 Å². The van der Waals surface area contributed by atoms with Crippen LogP contribution in [-0.2, 0) is 7.05 Å². The lowest BCUT2D eigenvalue weighted by atomic mass is 10.1. The van der Waals surface area contributed by atoms with E-state index < -0.39 is 0 Å². The van der Waals surface area contributed by atoms with Crippen molar-refractivity contribution in [1.82, 2.24) is 9.78 Å². The van der Waals surface area contributed by atoms with Gasteiger partial charge in [-0.3, -0.25) is 9.48 Å². The van der Waals surface area contributed by atoms with Crippen LogP contribution >= 0.6 is 23.8 Å². The average molecular weight is 309 g/mol. The first kappa shape index (κ1) is 14.5. The summed E-state index contributed by atoms with van der Waals surface area (Å²) in [6.45, 7) is 1.84. The summed E-state index contributed by atoms with van der Waals surface area (Å²) in [4.78, 5) is 12.5. The van der Waals surface area contributed by atoms with Gasteiger partial charge in [-0.05, 0) is 24.6 Å². The van der Waals surface area contributed by atoms with Gasteiger partial charge in [-0.15, -0.1) is 0 Å². The van der Waals surface area contributed by atoms with E-state index in [9.17, 15) is 4.79 Å². The number of aromatic nitrogens is 2. The van der Waals surface area contributed by atoms with E-state index in [0.29, 0.717) is 22.0 Å². The number of aryl methyl sites for hydroxylation is 2. The largest absolute Gasteiger partial charge is 0.389 e. The molecule has 2 rings (SSSR count). The van der Waals surface area contributed by atoms with Gasteiger partial charge in [-0.2, -0.15) is 5.10 Å². The molecular weight excluding hydrogens is 296 g/mol. The van der Waals surface area contributed by atoms with Gasteiger partial charge >= 0.3 is 0 Å². The molecule has 2 aromatic rings. The zero-order chi connectivity index (χ0) is 14.9. The Morgan fingerprint density at radius 3 is 2.80 bits per heavy atom. The Labute approximate surface area is 126 Å². The molecule has 0 saturated heterocycles. The van der Waals surface area contributed by atoms with Crippen LogP contribution in [0.15, 0.2) is 24.4 Å². The van der Waals surface area contributed by atoms with Crippen LogP contribution in [0.3, 0.4) is 0 Å². The van der Waals surface area contributed by atoms with E-state index >= 15 is 0 Å². The van der Waals surface area contributed by atoms with Gasteiger partial charge in [0.25, 0.3) is 5.91 Å². The van der Waals surface area contributed by atoms with Crippen molar-refractivity contribution in [3.8, 4) is 0 Å². The smallest absolute Gasteiger partial charge is 0.257 e. The summed E-state index contributed by atoms with van der Waals surface area (Å²) >= 11 is 10.8. The van der Waals surface area contributed by atoms with Crippen molar-refractivity contribution in [2.75, 3.05) is 5.32 Å². The Kier molecular flexibility index (Phi) is 4.06. The van der Waals surface area contributed by atoms with E-state index in [4.69, 9.17) is 29.6 Å². The van der Waals surface area contributed by atoms with E-state index in [0.717, 1.165) is 5.56 Å². The number of carbonyl (C=O) groups is 1. The Morgan fingerprint density at radius 1 is 1.45 bits per heavy atom. The van der Waals surface area contributed by atoms with Crippen LogP contribution in [0, 0.1) is 6.92 Å². The summed E-state index contributed by atoms with van der Waals surface area (Å²) in [7, 11) is 1.70. The topological polar surface area (TPSA) is 72.9 Å². The molecule has 0 unspecified atom stereocenters. The fraction of sp³-hybridized carbons (Fsp3) is 0.154. The van der Waals surface area contributed by atoms with Gasteiger partial charge in [0.1, 0.15) is 10.8 Å². The minimum atomic E-state index is -0.286. The minimum Gasteiger partial charge on any atom is -0.389 e. The first-order chi connectivity index (χ1) is 9.40. The molecule has 0 atom stereocenters. The molecule has 0 saturated carbocycles. The molecule has 0 spiro atoms. The van der Waals surface area contributed by atoms with Crippen LogP contribution in [0.4, 0.5) is 5.82 Å². The summed E-state index contributed by atoms with van der Waals surface area (Å²) in [6, 6.07) is 5.14. The first-order valence-corrected chi connectivity index (χ1v) is 6.58. The number of halogens is 1. The van der Waals surface area contributed by atoms with Crippen molar-refractivity contribution in [2.24, 2.45) is 12.8 Å². The highest BCUT2D eigenvalue weighted by Gasteiger charge is 2.16. The average Bonchev–Trinajstić information content (AvgIpc) is 2.74. The molecule has 20 heavy (non-hydrogen) atoms. The van der Waals surface area contributed by atoms with Gasteiger partial charge in [0, 0.05) is 17.6 Å². The molecule has 5 nitrogen and oxygen atoms in total. The van der Waals surface area contributed by atoms with Gasteiger partial charge in [-0.1, -0.05) is 29.9 Å². The third-order valence-electron chi connectivity index (χ3n) is 2.88. The summed E-state index contributed by atoms with van der Waals surface area (Å²) < 4.78 is 1.51. The molecular formula is C13H13ClN4OS. The number of amides is 1. The first-order valence-electron chi connectivity index (χ1n) is 5.79. The maximum absolute atomic E-state index is 12.3. The Balaban J connectivity index is 2.35. The second-order valence-electron chi connectivity index (χ2n) is 4.31. The second-order valence-corrected chi connectivity index (χ2v) is 5.18. The fourth-order valence-corrected chi connectivity index (χ4v) is 2.10. The Bertz CT molecular complexity index is 696. The van der Waals surface area contributed by atoms with Crippen molar-refractivity contribution in [1.29, 1.82) is 0 Å². The molecule has 7 heteroatoms. The standard InChI is InChI=1S/C13H13ClN4OS/c1-7-3-4-8(14)5-9(7)13(19)17-12-10(11(15)20)6-16-18(12)2/h3-6H,1-2H3,(H2,15,20)(H,17,19). The van der Waals surface area contributed by atoms with E-state index in [1.165, 1.54) is 10.9 Å². The van der Waals surface area contributed by atoms with Crippen molar-refractivity contribution in [3.05, 3.63) is 46.1 Å². The molecule has 1 amide bonds. The molecule has 0 bridgehead atoms. The third kappa shape index (κ3) is 2.81. The molecule has 0 fully saturated rings. The predicted octanol–water partition coefficient (Wildman–Crippen LogP) is 2.27. The number of anilines is 1. The van der Waals surface area contributed by atoms with Gasteiger partial charge in [0.05, 0.1) is 11.8 Å². The van der Waals surface area contributed by atoms with Crippen LogP contribution in [0.5, 0.6) is 0 Å². The van der Waals surface area contributed by atoms with Crippen molar-refractivity contribution >= 4 is 40.5 Å². The highest BCUT2D eigenvalue weighted by molar-refractivity contribution is 7.80. The molecule has 1 heterocycles. The monoisotopic (exact) mass is 308 g/mol. The van der Waals surface area contributed by atoms with Crippen LogP contribution in [0.1, 0.15) is 21.5 Å². The van der Waals surface area contributed by atoms with Crippen LogP contribution in [0.25, 0.3) is 0 Å². The maximum Gasteiger partial charge on any atom is 0.257 e. The predicted molar refractivity (Wildman–Crippen MR) is 83.2 cm³/mol. The quantitative estimate of drug-likeness (QED) is 0.853. The molecule has 0 radical (unpaired) electrons. The fourth-order valence-electron chi connectivity index (χ4n) is 1.78. The van der Waals surface area contributed by atoms with Crippen LogP contribution < -0.4 is 11.1 Å². The third-order valence-corrected chi connectivity index (χ3v) is 3.34. The molecule has 1 aromatic heterocycles. The molecule has 0 aliphatic heterocycles. The summed E-state index contributed by atoms with van der Waals surface area (Å²) in [5.74, 6) is 0.174. The Hall–Kier alpha value is -1.92. The van der Waals surface area contributed by atoms with Crippen molar-refractivity contribution in [2.45, 2.75) is 6.92 Å². The number of carbonyl (C=O) groups excluding carboxylic acids is 1. The number of nitrogens with two attached hydrogens (primary N) is 1. The number of benzene rings is 1. The SMILES string of the molecule is Cc1ccc(Cl)cc1C(=O)Nc1c(C(N)=S)cnn1C. The second kappa shape index (κ2) is 5.60. The summed E-state index contributed by atoms with van der Waals surface area (Å²) in [5.41, 5.74) is 7.44. The van der Waals surface area contributed by atoms with E-state index in [2.05, 4.69) is 10.4 Å². The highest BCUT2D eigenvalue weighted by Crippen LogP contribution is 2.19. The number of nitrogens with zero attached hydrogens (tertiary/aromatic N) is 2. The lowest BCUT2D eigenvalue weighted by molar-refractivity contribution is 0.102. The van der Waals surface area contributed by atoms with Gasteiger partial charge < -0.3 is 11.1 Å². The number of hydrogen-bond donors (Lipinski definition) is 2. The number of thiocarbonyl (C=S) groups is 1. The number of hydrogen-bond acceptors (Lipinski definition) is 3. The van der Waals surface area contributed by atoms with Gasteiger partial charge in [-0.25, -0.2) is 0 Å². The van der Waals surface area contributed by atoms with Gasteiger partial charge in [0.2, 0.25) is 0 Å². The Morgan fingerprint density at radius 2 is 2.15 bits per heavy atom. The number of rotatable bonds is 3. The minimum absolute atomic E-state index is 0.177. The number of nitrogens with one attached hydrogen (secondary N) is 1. The van der Waals surface area contributed by atoms with E-state index in [1.54, 1.807) is 25.2 Å². The molecule has 1 aromatic carbocycles. The maximum atomic E-state index is 12.3. The summed E-state index contributed by atoms with van der Waals surface area (Å²) in [5, 5.41) is 7.29. The zero-order valence-electron chi connectivity index (χ0n) is 11.0. The lowest BCUT2D eigenvalue weighted by Gasteiger charge is -2.10. The highest BCUT2D eigenvalue weighted by atomic mass is 35.5. The van der Waals surface area contributed by atoms with E-state index in [1.807, 2.05) is 6.92 Å². The normalized spacial score (nSPS) is 10.3. The van der Waals surface area contributed by atoms with E-state index in [-0.39, 0.29) is 10.9 Å². The molecule has 3 N–H and O–H groups in total. The summed E-state index contributed by atoms with van der Waals surface area (Å²) in [6.07, 6.45) is 1.52. The lowest BCUT2D eigenvalue weighted by Crippen LogP contribution is -2.19. The van der Waals surface area contributed by atoms with Crippen LogP contribution in [-0.4, -0.2) is 20.7 Å².